The van der Waals surface area contributed by atoms with Gasteiger partial charge in [0.15, 0.2) is 0 Å². The van der Waals surface area contributed by atoms with Gasteiger partial charge in [0.25, 0.3) is 0 Å². The Hall–Kier alpha value is -1.13. The molecule has 0 aliphatic carbocycles. The zero-order valence-electron chi connectivity index (χ0n) is 8.56. The molecule has 0 radical (unpaired) electrons. The molecule has 14 heavy (non-hydrogen) atoms. The summed E-state index contributed by atoms with van der Waals surface area (Å²) in [6.45, 7) is 2.29. The molecule has 0 aromatic carbocycles. The van der Waals surface area contributed by atoms with E-state index in [2.05, 4.69) is 5.32 Å². The van der Waals surface area contributed by atoms with Gasteiger partial charge < -0.3 is 15.2 Å². The Morgan fingerprint density at radius 1 is 1.57 bits per heavy atom. The van der Waals surface area contributed by atoms with Crippen LogP contribution in [0.25, 0.3) is 0 Å². The minimum atomic E-state index is -0.654. The molecule has 0 aromatic heterocycles. The van der Waals surface area contributed by atoms with E-state index in [4.69, 9.17) is 4.74 Å². The summed E-state index contributed by atoms with van der Waals surface area (Å²) in [4.78, 5) is 11.0. The summed E-state index contributed by atoms with van der Waals surface area (Å²) in [5.74, 6) is -0.224. The quantitative estimate of drug-likeness (QED) is 0.476. The van der Waals surface area contributed by atoms with Crippen molar-refractivity contribution in [2.45, 2.75) is 13.0 Å². The highest BCUT2D eigenvalue weighted by Crippen LogP contribution is 1.82. The predicted molar refractivity (Wildman–Crippen MR) is 54.8 cm³/mol. The van der Waals surface area contributed by atoms with Crippen LogP contribution in [0.5, 0.6) is 0 Å². The highest BCUT2D eigenvalue weighted by molar-refractivity contribution is 5.87. The minimum Gasteiger partial charge on any atom is -0.389 e. The number of hydrogen-bond acceptors (Lipinski definition) is 3. The molecule has 0 heterocycles. The SMILES string of the molecule is CC=CC=CC(=O)NCC(O)COC. The van der Waals surface area contributed by atoms with Crippen molar-refractivity contribution in [3.63, 3.8) is 0 Å². The van der Waals surface area contributed by atoms with E-state index in [1.807, 2.05) is 13.0 Å². The molecule has 0 aromatic rings. The number of ether oxygens (including phenoxy) is 1. The van der Waals surface area contributed by atoms with E-state index in [9.17, 15) is 9.90 Å². The smallest absolute Gasteiger partial charge is 0.244 e. The fraction of sp³-hybridized carbons (Fsp3) is 0.500. The molecule has 1 amide bonds. The third kappa shape index (κ3) is 7.52. The molecule has 0 rings (SSSR count). The van der Waals surface area contributed by atoms with Crippen molar-refractivity contribution in [3.8, 4) is 0 Å². The van der Waals surface area contributed by atoms with Gasteiger partial charge in [0.2, 0.25) is 5.91 Å². The van der Waals surface area contributed by atoms with Crippen LogP contribution in [0.15, 0.2) is 24.3 Å². The lowest BCUT2D eigenvalue weighted by atomic mass is 10.3. The molecule has 0 aliphatic heterocycles. The molecule has 0 saturated carbocycles. The molecular weight excluding hydrogens is 182 g/mol. The van der Waals surface area contributed by atoms with Crippen molar-refractivity contribution in [2.24, 2.45) is 0 Å². The minimum absolute atomic E-state index is 0.201. The number of aliphatic hydroxyl groups is 1. The first-order valence-corrected chi connectivity index (χ1v) is 4.45. The van der Waals surface area contributed by atoms with Crippen LogP contribution >= 0.6 is 0 Å². The summed E-state index contributed by atoms with van der Waals surface area (Å²) >= 11 is 0. The van der Waals surface area contributed by atoms with Gasteiger partial charge in [-0.1, -0.05) is 18.2 Å². The number of rotatable bonds is 6. The Bertz CT molecular complexity index is 211. The average molecular weight is 199 g/mol. The van der Waals surface area contributed by atoms with E-state index >= 15 is 0 Å². The van der Waals surface area contributed by atoms with E-state index in [-0.39, 0.29) is 19.1 Å². The second kappa shape index (κ2) is 8.47. The summed E-state index contributed by atoms with van der Waals surface area (Å²) in [5.41, 5.74) is 0. The van der Waals surface area contributed by atoms with Crippen molar-refractivity contribution in [1.29, 1.82) is 0 Å². The first-order chi connectivity index (χ1) is 6.70. The molecule has 4 heteroatoms. The Labute approximate surface area is 84.3 Å². The predicted octanol–water partition coefficient (Wildman–Crippen LogP) is 0.242. The van der Waals surface area contributed by atoms with Crippen LogP contribution in [-0.4, -0.2) is 37.4 Å². The van der Waals surface area contributed by atoms with Crippen LogP contribution in [-0.2, 0) is 9.53 Å². The highest BCUT2D eigenvalue weighted by atomic mass is 16.5. The van der Waals surface area contributed by atoms with Gasteiger partial charge in [0.05, 0.1) is 12.7 Å². The lowest BCUT2D eigenvalue weighted by Crippen LogP contribution is -2.33. The average Bonchev–Trinajstić information content (AvgIpc) is 2.16. The topological polar surface area (TPSA) is 58.6 Å². The number of nitrogens with one attached hydrogen (secondary N) is 1. The van der Waals surface area contributed by atoms with E-state index in [0.717, 1.165) is 0 Å². The van der Waals surface area contributed by atoms with Gasteiger partial charge in [-0.05, 0) is 6.92 Å². The van der Waals surface area contributed by atoms with Crippen LogP contribution in [0.3, 0.4) is 0 Å². The number of allylic oxidation sites excluding steroid dienone is 3. The molecule has 0 aliphatic rings. The standard InChI is InChI=1S/C10H17NO3/c1-3-4-5-6-10(13)11-7-9(12)8-14-2/h3-6,9,12H,7-8H2,1-2H3,(H,11,13). The normalized spacial score (nSPS) is 13.6. The van der Waals surface area contributed by atoms with Crippen LogP contribution < -0.4 is 5.32 Å². The molecule has 1 atom stereocenters. The first-order valence-electron chi connectivity index (χ1n) is 4.45. The fourth-order valence-corrected chi connectivity index (χ4v) is 0.783. The van der Waals surface area contributed by atoms with E-state index in [0.29, 0.717) is 0 Å². The molecule has 80 valence electrons. The molecular formula is C10H17NO3. The number of aliphatic hydroxyl groups excluding tert-OH is 1. The number of methoxy groups -OCH3 is 1. The van der Waals surface area contributed by atoms with Crippen LogP contribution in [0.1, 0.15) is 6.92 Å². The molecule has 4 nitrogen and oxygen atoms in total. The van der Waals surface area contributed by atoms with Crippen LogP contribution in [0, 0.1) is 0 Å². The largest absolute Gasteiger partial charge is 0.389 e. The van der Waals surface area contributed by atoms with Gasteiger partial charge >= 0.3 is 0 Å². The summed E-state index contributed by atoms with van der Waals surface area (Å²) in [5, 5.41) is 11.7. The van der Waals surface area contributed by atoms with E-state index in [1.165, 1.54) is 13.2 Å². The van der Waals surface area contributed by atoms with Crippen molar-refractivity contribution in [2.75, 3.05) is 20.3 Å². The Morgan fingerprint density at radius 2 is 2.29 bits per heavy atom. The molecule has 2 N–H and O–H groups in total. The maximum Gasteiger partial charge on any atom is 0.244 e. The summed E-state index contributed by atoms with van der Waals surface area (Å²) in [6, 6.07) is 0. The molecule has 0 fully saturated rings. The fourth-order valence-electron chi connectivity index (χ4n) is 0.783. The van der Waals surface area contributed by atoms with Crippen molar-refractivity contribution in [1.82, 2.24) is 5.32 Å². The number of carbonyl (C=O) groups is 1. The molecule has 0 saturated heterocycles. The highest BCUT2D eigenvalue weighted by Gasteiger charge is 2.03. The second-order valence-electron chi connectivity index (χ2n) is 2.74. The van der Waals surface area contributed by atoms with Crippen LogP contribution in [0.2, 0.25) is 0 Å². The van der Waals surface area contributed by atoms with Gasteiger partial charge in [-0.25, -0.2) is 0 Å². The van der Waals surface area contributed by atoms with E-state index < -0.39 is 6.10 Å². The third-order valence-electron chi connectivity index (χ3n) is 1.42. The summed E-state index contributed by atoms with van der Waals surface area (Å²) in [6.07, 6.45) is 5.96. The third-order valence-corrected chi connectivity index (χ3v) is 1.42. The zero-order chi connectivity index (χ0) is 10.8. The zero-order valence-corrected chi connectivity index (χ0v) is 8.56. The Balaban J connectivity index is 3.63. The van der Waals surface area contributed by atoms with Crippen molar-refractivity contribution >= 4 is 5.91 Å². The number of hydrogen-bond donors (Lipinski definition) is 2. The Kier molecular flexibility index (Phi) is 7.78. The van der Waals surface area contributed by atoms with Crippen molar-refractivity contribution < 1.29 is 14.6 Å². The van der Waals surface area contributed by atoms with Gasteiger partial charge in [0.1, 0.15) is 0 Å². The maximum absolute atomic E-state index is 11.0. The maximum atomic E-state index is 11.0. The molecule has 1 unspecified atom stereocenters. The number of amides is 1. The summed E-state index contributed by atoms with van der Waals surface area (Å²) in [7, 11) is 1.50. The lowest BCUT2D eigenvalue weighted by molar-refractivity contribution is -0.117. The van der Waals surface area contributed by atoms with Gasteiger partial charge in [-0.2, -0.15) is 0 Å². The van der Waals surface area contributed by atoms with Crippen molar-refractivity contribution in [3.05, 3.63) is 24.3 Å². The monoisotopic (exact) mass is 199 g/mol. The van der Waals surface area contributed by atoms with Crippen LogP contribution in [0.4, 0.5) is 0 Å². The second-order valence-corrected chi connectivity index (χ2v) is 2.74. The lowest BCUT2D eigenvalue weighted by Gasteiger charge is -2.08. The summed E-state index contributed by atoms with van der Waals surface area (Å²) < 4.78 is 4.70. The Morgan fingerprint density at radius 3 is 2.86 bits per heavy atom. The van der Waals surface area contributed by atoms with Gasteiger partial charge in [-0.3, -0.25) is 4.79 Å². The van der Waals surface area contributed by atoms with Gasteiger partial charge in [-0.15, -0.1) is 0 Å². The molecule has 0 spiro atoms. The van der Waals surface area contributed by atoms with Gasteiger partial charge in [0, 0.05) is 19.7 Å². The first kappa shape index (κ1) is 12.9. The van der Waals surface area contributed by atoms with E-state index in [1.54, 1.807) is 12.2 Å². The number of carbonyl (C=O) groups excluding carboxylic acids is 1. The molecule has 0 bridgehead atoms.